The molecule has 8 heteroatoms. The van der Waals surface area contributed by atoms with Crippen LogP contribution in [0.4, 0.5) is 18.9 Å². The van der Waals surface area contributed by atoms with Crippen LogP contribution in [0.5, 0.6) is 0 Å². The zero-order valence-corrected chi connectivity index (χ0v) is 14.6. The van der Waals surface area contributed by atoms with Crippen LogP contribution in [-0.2, 0) is 28.7 Å². The number of halogens is 3. The Bertz CT molecular complexity index is 800. The molecule has 1 aliphatic rings. The van der Waals surface area contributed by atoms with Crippen molar-refractivity contribution in [1.29, 1.82) is 0 Å². The lowest BCUT2D eigenvalue weighted by Crippen LogP contribution is -2.35. The first-order chi connectivity index (χ1) is 12.3. The Balaban J connectivity index is 1.47. The lowest BCUT2D eigenvalue weighted by Gasteiger charge is -2.27. The number of fused-ring (bicyclic) bond motifs is 1. The summed E-state index contributed by atoms with van der Waals surface area (Å²) in [6, 6.07) is 6.23. The van der Waals surface area contributed by atoms with E-state index in [2.05, 4.69) is 5.32 Å². The molecule has 3 rings (SSSR count). The molecule has 4 nitrogen and oxygen atoms in total. The van der Waals surface area contributed by atoms with E-state index in [4.69, 9.17) is 0 Å². The van der Waals surface area contributed by atoms with E-state index in [0.717, 1.165) is 24.1 Å². The summed E-state index contributed by atoms with van der Waals surface area (Å²) < 4.78 is 37.5. The average molecular weight is 382 g/mol. The Labute approximate surface area is 152 Å². The third kappa shape index (κ3) is 4.43. The van der Waals surface area contributed by atoms with Crippen molar-refractivity contribution >= 4 is 28.8 Å². The number of amides is 2. The van der Waals surface area contributed by atoms with Crippen LogP contribution in [0.25, 0.3) is 0 Å². The molecule has 0 aliphatic carbocycles. The summed E-state index contributed by atoms with van der Waals surface area (Å²) in [6.07, 6.45) is -3.51. The fourth-order valence-electron chi connectivity index (χ4n) is 2.81. The zero-order valence-electron chi connectivity index (χ0n) is 13.8. The van der Waals surface area contributed by atoms with Gasteiger partial charge in [0.05, 0.1) is 5.56 Å². The highest BCUT2D eigenvalue weighted by atomic mass is 32.1. The fourth-order valence-corrected chi connectivity index (χ4v) is 3.70. The van der Waals surface area contributed by atoms with E-state index in [1.807, 2.05) is 11.4 Å². The topological polar surface area (TPSA) is 49.4 Å². The molecule has 1 aromatic carbocycles. The maximum atomic E-state index is 12.5. The van der Waals surface area contributed by atoms with Crippen LogP contribution in [0.2, 0.25) is 0 Å². The lowest BCUT2D eigenvalue weighted by atomic mass is 10.1. The fraction of sp³-hybridized carbons (Fsp3) is 0.333. The minimum absolute atomic E-state index is 0.00709. The molecule has 0 fully saturated rings. The van der Waals surface area contributed by atoms with E-state index >= 15 is 0 Å². The molecule has 1 aromatic heterocycles. The van der Waals surface area contributed by atoms with Crippen molar-refractivity contribution in [2.75, 3.05) is 11.9 Å². The Morgan fingerprint density at radius 2 is 1.85 bits per heavy atom. The quantitative estimate of drug-likeness (QED) is 0.867. The van der Waals surface area contributed by atoms with E-state index < -0.39 is 17.6 Å². The van der Waals surface area contributed by atoms with Crippen molar-refractivity contribution < 1.29 is 22.8 Å². The molecular formula is C18H17F3N2O2S. The number of anilines is 1. The van der Waals surface area contributed by atoms with Gasteiger partial charge in [0.25, 0.3) is 0 Å². The number of hydrogen-bond donors (Lipinski definition) is 1. The van der Waals surface area contributed by atoms with Crippen LogP contribution in [0.3, 0.4) is 0 Å². The summed E-state index contributed by atoms with van der Waals surface area (Å²) in [4.78, 5) is 27.2. The Morgan fingerprint density at radius 1 is 1.12 bits per heavy atom. The Morgan fingerprint density at radius 3 is 2.54 bits per heavy atom. The molecule has 2 heterocycles. The number of hydrogen-bond acceptors (Lipinski definition) is 3. The summed E-state index contributed by atoms with van der Waals surface area (Å²) in [5.41, 5.74) is 0.656. The smallest absolute Gasteiger partial charge is 0.338 e. The third-order valence-corrected chi connectivity index (χ3v) is 5.25. The lowest BCUT2D eigenvalue weighted by molar-refractivity contribution is -0.137. The molecule has 2 aromatic rings. The molecule has 1 aliphatic heterocycles. The van der Waals surface area contributed by atoms with Gasteiger partial charge in [0.2, 0.25) is 11.8 Å². The van der Waals surface area contributed by atoms with Gasteiger partial charge in [-0.3, -0.25) is 9.59 Å². The molecule has 0 saturated carbocycles. The molecule has 1 N–H and O–H groups in total. The summed E-state index contributed by atoms with van der Waals surface area (Å²) in [6.45, 7) is 1.21. The van der Waals surface area contributed by atoms with Crippen molar-refractivity contribution in [2.24, 2.45) is 0 Å². The van der Waals surface area contributed by atoms with Gasteiger partial charge in [0, 0.05) is 36.5 Å². The van der Waals surface area contributed by atoms with Gasteiger partial charge in [0.15, 0.2) is 0 Å². The second kappa shape index (κ2) is 7.49. The highest BCUT2D eigenvalue weighted by Crippen LogP contribution is 2.30. The second-order valence-electron chi connectivity index (χ2n) is 6.06. The maximum Gasteiger partial charge on any atom is 0.416 e. The van der Waals surface area contributed by atoms with Gasteiger partial charge in [-0.05, 0) is 47.7 Å². The number of thiophene rings is 1. The average Bonchev–Trinajstić information content (AvgIpc) is 3.07. The standard InChI is InChI=1S/C18H17F3N2O2S/c19-18(20,21)13-1-3-14(4-2-13)22-16(24)5-6-17(25)23-9-7-15-12(11-23)8-10-26-15/h1-4,8,10H,5-7,9,11H2,(H,22,24). The van der Waals surface area contributed by atoms with Crippen molar-refractivity contribution in [1.82, 2.24) is 4.90 Å². The van der Waals surface area contributed by atoms with Gasteiger partial charge in [-0.25, -0.2) is 0 Å². The number of carbonyl (C=O) groups excluding carboxylic acids is 2. The molecule has 0 unspecified atom stereocenters. The van der Waals surface area contributed by atoms with Gasteiger partial charge in [0.1, 0.15) is 0 Å². The first-order valence-corrected chi connectivity index (χ1v) is 9.01. The monoisotopic (exact) mass is 382 g/mol. The summed E-state index contributed by atoms with van der Waals surface area (Å²) in [5, 5.41) is 4.53. The first kappa shape index (κ1) is 18.4. The van der Waals surface area contributed by atoms with E-state index in [1.165, 1.54) is 17.0 Å². The van der Waals surface area contributed by atoms with Crippen molar-refractivity contribution in [3.8, 4) is 0 Å². The second-order valence-corrected chi connectivity index (χ2v) is 7.06. The van der Waals surface area contributed by atoms with E-state index in [-0.39, 0.29) is 24.4 Å². The molecule has 138 valence electrons. The Hall–Kier alpha value is -2.35. The van der Waals surface area contributed by atoms with Crippen LogP contribution in [0.15, 0.2) is 35.7 Å². The largest absolute Gasteiger partial charge is 0.416 e. The number of nitrogens with one attached hydrogen (secondary N) is 1. The van der Waals surface area contributed by atoms with E-state index in [0.29, 0.717) is 13.1 Å². The molecule has 0 atom stereocenters. The van der Waals surface area contributed by atoms with Crippen LogP contribution in [-0.4, -0.2) is 23.3 Å². The van der Waals surface area contributed by atoms with E-state index in [9.17, 15) is 22.8 Å². The van der Waals surface area contributed by atoms with Gasteiger partial charge in [-0.1, -0.05) is 0 Å². The SMILES string of the molecule is O=C(CCC(=O)N1CCc2sccc2C1)Nc1ccc(C(F)(F)F)cc1. The highest BCUT2D eigenvalue weighted by molar-refractivity contribution is 7.10. The summed E-state index contributed by atoms with van der Waals surface area (Å²) >= 11 is 1.69. The summed E-state index contributed by atoms with van der Waals surface area (Å²) in [7, 11) is 0. The number of rotatable bonds is 4. The molecule has 0 radical (unpaired) electrons. The van der Waals surface area contributed by atoms with Crippen LogP contribution in [0.1, 0.15) is 28.8 Å². The zero-order chi connectivity index (χ0) is 18.7. The molecule has 0 bridgehead atoms. The summed E-state index contributed by atoms with van der Waals surface area (Å²) in [5.74, 6) is -0.490. The normalized spacial score (nSPS) is 14.0. The Kier molecular flexibility index (Phi) is 5.31. The maximum absolute atomic E-state index is 12.5. The minimum atomic E-state index is -4.41. The number of alkyl halides is 3. The first-order valence-electron chi connectivity index (χ1n) is 8.13. The van der Waals surface area contributed by atoms with Gasteiger partial charge in [-0.15, -0.1) is 11.3 Å². The van der Waals surface area contributed by atoms with E-state index in [1.54, 1.807) is 16.2 Å². The number of benzene rings is 1. The van der Waals surface area contributed by atoms with Crippen molar-refractivity contribution in [3.63, 3.8) is 0 Å². The van der Waals surface area contributed by atoms with Crippen molar-refractivity contribution in [3.05, 3.63) is 51.7 Å². The van der Waals surface area contributed by atoms with Gasteiger partial charge in [-0.2, -0.15) is 13.2 Å². The molecule has 0 spiro atoms. The number of nitrogens with zero attached hydrogens (tertiary/aromatic N) is 1. The van der Waals surface area contributed by atoms with Crippen LogP contribution in [0, 0.1) is 0 Å². The van der Waals surface area contributed by atoms with Crippen molar-refractivity contribution in [2.45, 2.75) is 32.0 Å². The highest BCUT2D eigenvalue weighted by Gasteiger charge is 2.30. The molecule has 26 heavy (non-hydrogen) atoms. The molecular weight excluding hydrogens is 365 g/mol. The molecule has 2 amide bonds. The predicted molar refractivity (Wildman–Crippen MR) is 92.7 cm³/mol. The minimum Gasteiger partial charge on any atom is -0.338 e. The van der Waals surface area contributed by atoms with Gasteiger partial charge >= 0.3 is 6.18 Å². The third-order valence-electron chi connectivity index (χ3n) is 4.22. The number of carbonyl (C=O) groups is 2. The van der Waals surface area contributed by atoms with Crippen LogP contribution >= 0.6 is 11.3 Å². The molecule has 0 saturated heterocycles. The predicted octanol–water partition coefficient (Wildman–Crippen LogP) is 4.07. The van der Waals surface area contributed by atoms with Crippen LogP contribution < -0.4 is 5.32 Å². The van der Waals surface area contributed by atoms with Gasteiger partial charge < -0.3 is 10.2 Å².